The molecular formula is C18H20N2O3S. The van der Waals surface area contributed by atoms with Crippen LogP contribution in [0.1, 0.15) is 27.9 Å². The van der Waals surface area contributed by atoms with E-state index in [4.69, 9.17) is 4.74 Å². The minimum Gasteiger partial charge on any atom is -0.496 e. The molecule has 1 aromatic heterocycles. The van der Waals surface area contributed by atoms with Gasteiger partial charge in [0.15, 0.2) is 0 Å². The molecule has 0 amide bonds. The number of nitrogens with zero attached hydrogens (tertiary/aromatic N) is 2. The van der Waals surface area contributed by atoms with Gasteiger partial charge in [-0.05, 0) is 31.0 Å². The quantitative estimate of drug-likeness (QED) is 0.926. The van der Waals surface area contributed by atoms with Gasteiger partial charge in [0.05, 0.1) is 41.7 Å². The average Bonchev–Trinajstić information content (AvgIpc) is 3.01. The monoisotopic (exact) mass is 344 g/mol. The molecule has 6 heteroatoms. The summed E-state index contributed by atoms with van der Waals surface area (Å²) >= 11 is 0. The van der Waals surface area contributed by atoms with Crippen LogP contribution in [0.2, 0.25) is 0 Å². The van der Waals surface area contributed by atoms with E-state index < -0.39 is 10.8 Å². The van der Waals surface area contributed by atoms with E-state index >= 15 is 0 Å². The van der Waals surface area contributed by atoms with Gasteiger partial charge in [-0.1, -0.05) is 12.1 Å². The fraction of sp³-hybridized carbons (Fsp3) is 0.333. The normalized spacial score (nSPS) is 14.2. The summed E-state index contributed by atoms with van der Waals surface area (Å²) in [4.78, 5) is 8.91. The summed E-state index contributed by atoms with van der Waals surface area (Å²) in [6.45, 7) is 3.85. The predicted molar refractivity (Wildman–Crippen MR) is 95.3 cm³/mol. The Balaban J connectivity index is 1.82. The van der Waals surface area contributed by atoms with E-state index in [0.29, 0.717) is 17.2 Å². The Morgan fingerprint density at radius 1 is 1.33 bits per heavy atom. The molecule has 5 nitrogen and oxygen atoms in total. The smallest absolute Gasteiger partial charge is 0.128 e. The lowest BCUT2D eigenvalue weighted by Gasteiger charge is -2.12. The van der Waals surface area contributed by atoms with Crippen molar-refractivity contribution in [3.63, 3.8) is 0 Å². The van der Waals surface area contributed by atoms with Crippen molar-refractivity contribution in [2.24, 2.45) is 4.99 Å². The van der Waals surface area contributed by atoms with Crippen LogP contribution in [0.15, 0.2) is 29.4 Å². The van der Waals surface area contributed by atoms with E-state index in [1.807, 2.05) is 32.0 Å². The number of methoxy groups -OCH3 is 1. The standard InChI is InChI=1S/C18H20N2O3S/c1-11-8-19-16(12(2)18(11)23-3)10-24(22)17-7-14-5-4-13(9-21)6-15(14)20-17/h4-6,8,21H,7,9-10H2,1-3H3. The van der Waals surface area contributed by atoms with E-state index in [1.165, 1.54) is 0 Å². The van der Waals surface area contributed by atoms with Crippen LogP contribution >= 0.6 is 0 Å². The maximum atomic E-state index is 12.7. The average molecular weight is 344 g/mol. The zero-order valence-corrected chi connectivity index (χ0v) is 14.8. The zero-order chi connectivity index (χ0) is 17.3. The van der Waals surface area contributed by atoms with Crippen molar-refractivity contribution in [1.82, 2.24) is 4.98 Å². The van der Waals surface area contributed by atoms with Crippen molar-refractivity contribution >= 4 is 21.5 Å². The number of ether oxygens (including phenoxy) is 1. The molecule has 126 valence electrons. The summed E-state index contributed by atoms with van der Waals surface area (Å²) in [6.07, 6.45) is 2.33. The highest BCUT2D eigenvalue weighted by molar-refractivity contribution is 8.00. The van der Waals surface area contributed by atoms with E-state index in [0.717, 1.165) is 39.4 Å². The predicted octanol–water partition coefficient (Wildman–Crippen LogP) is 2.73. The van der Waals surface area contributed by atoms with Gasteiger partial charge in [0.2, 0.25) is 0 Å². The van der Waals surface area contributed by atoms with Crippen LogP contribution in [0, 0.1) is 13.8 Å². The number of hydrogen-bond acceptors (Lipinski definition) is 5. The Kier molecular flexibility index (Phi) is 4.78. The molecule has 1 aromatic carbocycles. The minimum atomic E-state index is -1.24. The van der Waals surface area contributed by atoms with E-state index in [1.54, 1.807) is 13.3 Å². The van der Waals surface area contributed by atoms with Gasteiger partial charge >= 0.3 is 0 Å². The Labute approximate surface area is 143 Å². The molecule has 0 bridgehead atoms. The van der Waals surface area contributed by atoms with Crippen LogP contribution in [-0.2, 0) is 29.6 Å². The molecule has 3 rings (SSSR count). The molecule has 2 aromatic rings. The van der Waals surface area contributed by atoms with Gasteiger partial charge < -0.3 is 9.84 Å². The summed E-state index contributed by atoms with van der Waals surface area (Å²) in [5, 5.41) is 9.87. The molecule has 1 unspecified atom stereocenters. The fourth-order valence-electron chi connectivity index (χ4n) is 2.85. The largest absolute Gasteiger partial charge is 0.496 e. The first-order valence-electron chi connectivity index (χ1n) is 7.71. The second-order valence-corrected chi connectivity index (χ2v) is 7.29. The molecule has 1 aliphatic rings. The highest BCUT2D eigenvalue weighted by Crippen LogP contribution is 2.30. The van der Waals surface area contributed by atoms with Crippen molar-refractivity contribution in [1.29, 1.82) is 0 Å². The van der Waals surface area contributed by atoms with Crippen LogP contribution in [0.3, 0.4) is 0 Å². The second kappa shape index (κ2) is 6.83. The third-order valence-corrected chi connectivity index (χ3v) is 5.50. The maximum Gasteiger partial charge on any atom is 0.128 e. The topological polar surface area (TPSA) is 71.8 Å². The summed E-state index contributed by atoms with van der Waals surface area (Å²) in [6, 6.07) is 5.65. The van der Waals surface area contributed by atoms with E-state index in [9.17, 15) is 9.32 Å². The first kappa shape index (κ1) is 16.8. The number of aliphatic hydroxyl groups excluding tert-OH is 1. The third-order valence-electron chi connectivity index (χ3n) is 4.20. The molecule has 1 atom stereocenters. The number of aryl methyl sites for hydroxylation is 1. The number of aromatic nitrogens is 1. The number of aliphatic hydroxyl groups is 1. The lowest BCUT2D eigenvalue weighted by atomic mass is 10.1. The number of hydrogen-bond donors (Lipinski definition) is 1. The van der Waals surface area contributed by atoms with E-state index in [2.05, 4.69) is 9.98 Å². The third kappa shape index (κ3) is 3.12. The summed E-state index contributed by atoms with van der Waals surface area (Å²) in [5.41, 5.74) is 5.31. The highest BCUT2D eigenvalue weighted by atomic mass is 32.2. The summed E-state index contributed by atoms with van der Waals surface area (Å²) in [7, 11) is 0.393. The number of fused-ring (bicyclic) bond motifs is 1. The lowest BCUT2D eigenvalue weighted by Crippen LogP contribution is -2.12. The van der Waals surface area contributed by atoms with Crippen molar-refractivity contribution < 1.29 is 14.1 Å². The van der Waals surface area contributed by atoms with Crippen molar-refractivity contribution in [2.75, 3.05) is 7.11 Å². The summed E-state index contributed by atoms with van der Waals surface area (Å²) < 4.78 is 18.1. The lowest BCUT2D eigenvalue weighted by molar-refractivity contribution is 0.282. The molecular weight excluding hydrogens is 324 g/mol. The van der Waals surface area contributed by atoms with Gasteiger partial charge in [-0.15, -0.1) is 0 Å². The first-order valence-corrected chi connectivity index (χ1v) is 9.03. The van der Waals surface area contributed by atoms with Crippen molar-refractivity contribution in [2.45, 2.75) is 32.6 Å². The number of benzene rings is 1. The SMILES string of the molecule is COc1c(C)cnc(CS(=O)C2=Nc3cc(CO)ccc3C2)c1C. The molecule has 0 saturated heterocycles. The Hall–Kier alpha value is -2.05. The van der Waals surface area contributed by atoms with Gasteiger partial charge in [0, 0.05) is 23.7 Å². The van der Waals surface area contributed by atoms with Crippen molar-refractivity contribution in [3.8, 4) is 5.75 Å². The molecule has 0 fully saturated rings. The molecule has 1 aliphatic heterocycles. The molecule has 0 radical (unpaired) electrons. The highest BCUT2D eigenvalue weighted by Gasteiger charge is 2.21. The van der Waals surface area contributed by atoms with Crippen molar-refractivity contribution in [3.05, 3.63) is 52.3 Å². The zero-order valence-electron chi connectivity index (χ0n) is 14.0. The van der Waals surface area contributed by atoms with Gasteiger partial charge in [-0.2, -0.15) is 0 Å². The first-order chi connectivity index (χ1) is 11.5. The molecule has 2 heterocycles. The van der Waals surface area contributed by atoms with Crippen LogP contribution < -0.4 is 4.74 Å². The Morgan fingerprint density at radius 2 is 2.12 bits per heavy atom. The molecule has 24 heavy (non-hydrogen) atoms. The van der Waals surface area contributed by atoms with Gasteiger partial charge in [-0.25, -0.2) is 4.99 Å². The van der Waals surface area contributed by atoms with Gasteiger partial charge in [-0.3, -0.25) is 9.19 Å². The van der Waals surface area contributed by atoms with Crippen LogP contribution in [0.5, 0.6) is 5.75 Å². The molecule has 0 aliphatic carbocycles. The van der Waals surface area contributed by atoms with Crippen LogP contribution in [-0.4, -0.2) is 26.5 Å². The Morgan fingerprint density at radius 3 is 2.83 bits per heavy atom. The number of pyridine rings is 1. The number of rotatable bonds is 4. The van der Waals surface area contributed by atoms with Gasteiger partial charge in [0.25, 0.3) is 0 Å². The van der Waals surface area contributed by atoms with Crippen LogP contribution in [0.25, 0.3) is 0 Å². The molecule has 1 N–H and O–H groups in total. The fourth-order valence-corrected chi connectivity index (χ4v) is 4.08. The molecule has 0 saturated carbocycles. The second-order valence-electron chi connectivity index (χ2n) is 5.84. The minimum absolute atomic E-state index is 0.0203. The van der Waals surface area contributed by atoms with E-state index in [-0.39, 0.29) is 6.61 Å². The summed E-state index contributed by atoms with van der Waals surface area (Å²) in [5.74, 6) is 1.11. The van der Waals surface area contributed by atoms with Crippen LogP contribution in [0.4, 0.5) is 5.69 Å². The number of aliphatic imine (C=N–C) groups is 1. The maximum absolute atomic E-state index is 12.7. The molecule has 0 spiro atoms. The van der Waals surface area contributed by atoms with Gasteiger partial charge in [0.1, 0.15) is 10.8 Å². The Bertz CT molecular complexity index is 846.